The van der Waals surface area contributed by atoms with Crippen LogP contribution >= 0.6 is 0 Å². The van der Waals surface area contributed by atoms with E-state index in [1.54, 1.807) is 6.21 Å². The van der Waals surface area contributed by atoms with Crippen LogP contribution in [0.2, 0.25) is 0 Å². The van der Waals surface area contributed by atoms with Crippen molar-refractivity contribution >= 4 is 39.6 Å². The van der Waals surface area contributed by atoms with Gasteiger partial charge in [-0.2, -0.15) is 5.10 Å². The fourth-order valence-corrected chi connectivity index (χ4v) is 2.67. The fourth-order valence-electron chi connectivity index (χ4n) is 2.67. The zero-order chi connectivity index (χ0) is 14.5. The van der Waals surface area contributed by atoms with Gasteiger partial charge in [-0.3, -0.25) is 4.99 Å². The number of nitrogens with one attached hydrogen (secondary N) is 2. The third-order valence-corrected chi connectivity index (χ3v) is 3.62. The highest BCUT2D eigenvalue weighted by Crippen LogP contribution is 2.29. The lowest BCUT2D eigenvalue weighted by Gasteiger charge is -1.86. The molecular weight excluding hydrogens is 286 g/mol. The van der Waals surface area contributed by atoms with E-state index in [1.807, 2.05) is 0 Å². The summed E-state index contributed by atoms with van der Waals surface area (Å²) in [6, 6.07) is 0. The summed E-state index contributed by atoms with van der Waals surface area (Å²) in [5.74, 6) is 0. The fraction of sp³-hybridized carbons (Fsp3) is 0.250. The predicted octanol–water partition coefficient (Wildman–Crippen LogP) is -0.00580. The summed E-state index contributed by atoms with van der Waals surface area (Å²) in [6.07, 6.45) is 3.58. The highest BCUT2D eigenvalue weighted by molar-refractivity contribution is 6.15. The van der Waals surface area contributed by atoms with Crippen LogP contribution in [0.5, 0.6) is 0 Å². The second-order valence-corrected chi connectivity index (χ2v) is 4.96. The van der Waals surface area contributed by atoms with Gasteiger partial charge in [0.15, 0.2) is 11.1 Å². The maximum atomic E-state index is 5.78. The molecule has 4 aromatic rings. The number of nitrogens with zero attached hydrogens (tertiary/aromatic N) is 7. The monoisotopic (exact) mass is 295 g/mol. The van der Waals surface area contributed by atoms with E-state index in [2.05, 4.69) is 45.8 Å². The van der Waals surface area contributed by atoms with Crippen LogP contribution in [-0.4, -0.2) is 43.4 Å². The van der Waals surface area contributed by atoms with Crippen LogP contribution in [0.1, 0.15) is 12.8 Å². The lowest BCUT2D eigenvalue weighted by Crippen LogP contribution is -2.23. The molecular formula is C12H9N9O. The van der Waals surface area contributed by atoms with Gasteiger partial charge in [-0.15, -0.1) is 15.3 Å². The van der Waals surface area contributed by atoms with Gasteiger partial charge in [0.2, 0.25) is 11.4 Å². The van der Waals surface area contributed by atoms with E-state index in [4.69, 9.17) is 4.42 Å². The summed E-state index contributed by atoms with van der Waals surface area (Å²) in [6.45, 7) is 0.708. The van der Waals surface area contributed by atoms with Crippen molar-refractivity contribution in [2.24, 2.45) is 15.2 Å². The first kappa shape index (κ1) is 11.5. The Kier molecular flexibility index (Phi) is 2.17. The Hall–Kier alpha value is -3.17. The molecule has 0 atom stereocenters. The molecule has 10 heteroatoms. The van der Waals surface area contributed by atoms with Crippen molar-refractivity contribution in [1.82, 2.24) is 30.6 Å². The van der Waals surface area contributed by atoms with Crippen LogP contribution < -0.4 is 10.8 Å². The number of aromatic nitrogens is 6. The molecule has 4 aromatic heterocycles. The average Bonchev–Trinajstić information content (AvgIpc) is 3.14. The zero-order valence-electron chi connectivity index (χ0n) is 11.2. The molecule has 1 aliphatic rings. The first-order valence-corrected chi connectivity index (χ1v) is 6.84. The van der Waals surface area contributed by atoms with Crippen LogP contribution in [0.4, 0.5) is 0 Å². The zero-order valence-corrected chi connectivity index (χ0v) is 11.2. The van der Waals surface area contributed by atoms with Crippen molar-refractivity contribution < 1.29 is 4.42 Å². The van der Waals surface area contributed by atoms with Gasteiger partial charge in [0.05, 0.1) is 10.8 Å². The van der Waals surface area contributed by atoms with Gasteiger partial charge in [-0.05, 0) is 23.3 Å². The Balaban J connectivity index is 2.03. The Morgan fingerprint density at radius 3 is 2.95 bits per heavy atom. The van der Waals surface area contributed by atoms with E-state index in [0.717, 1.165) is 23.6 Å². The van der Waals surface area contributed by atoms with Crippen LogP contribution in [0.3, 0.4) is 0 Å². The van der Waals surface area contributed by atoms with Gasteiger partial charge in [0.1, 0.15) is 10.9 Å². The van der Waals surface area contributed by atoms with Crippen LogP contribution in [0.15, 0.2) is 19.6 Å². The second-order valence-electron chi connectivity index (χ2n) is 4.96. The van der Waals surface area contributed by atoms with Gasteiger partial charge in [-0.1, -0.05) is 0 Å². The van der Waals surface area contributed by atoms with Crippen molar-refractivity contribution in [3.05, 3.63) is 10.8 Å². The van der Waals surface area contributed by atoms with Crippen LogP contribution in [0, 0.1) is 0 Å². The van der Waals surface area contributed by atoms with Gasteiger partial charge < -0.3 is 14.4 Å². The number of aromatic amines is 2. The Bertz CT molecular complexity index is 1160. The molecule has 0 unspecified atom stereocenters. The molecule has 0 amide bonds. The molecule has 108 valence electrons. The molecule has 2 N–H and O–H groups in total. The number of fused-ring (bicyclic) bond motifs is 7. The van der Waals surface area contributed by atoms with E-state index in [0.29, 0.717) is 40.0 Å². The molecule has 5 heterocycles. The maximum Gasteiger partial charge on any atom is 0.211 e. The molecule has 10 nitrogen and oxygen atoms in total. The normalized spacial score (nSPS) is 18.3. The Labute approximate surface area is 121 Å². The first-order valence-electron chi connectivity index (χ1n) is 6.84. The molecule has 0 radical (unpaired) electrons. The van der Waals surface area contributed by atoms with Gasteiger partial charge in [0.25, 0.3) is 0 Å². The van der Waals surface area contributed by atoms with Crippen molar-refractivity contribution in [2.75, 3.05) is 6.54 Å². The van der Waals surface area contributed by atoms with Crippen molar-refractivity contribution in [2.45, 2.75) is 12.8 Å². The van der Waals surface area contributed by atoms with Gasteiger partial charge >= 0.3 is 0 Å². The van der Waals surface area contributed by atoms with E-state index in [-0.39, 0.29) is 0 Å². The molecule has 0 saturated heterocycles. The van der Waals surface area contributed by atoms with Gasteiger partial charge in [-0.25, -0.2) is 0 Å². The summed E-state index contributed by atoms with van der Waals surface area (Å²) < 4.78 is 5.78. The summed E-state index contributed by atoms with van der Waals surface area (Å²) in [5.41, 5.74) is 2.90. The maximum absolute atomic E-state index is 5.78. The lowest BCUT2D eigenvalue weighted by atomic mass is 10.2. The smallest absolute Gasteiger partial charge is 0.211 e. The standard InChI is InChI=1S/C12H9N9O/c1-2-4-14-17-7-5-6-8-10(19-21-20-18-8)16-12(6)22-11(5)15-9(7)13-3-1/h4H,1-3H2,(H,13,15)(H,16,19,20)/b14-4+,17-7-. The summed E-state index contributed by atoms with van der Waals surface area (Å²) in [4.78, 5) is 10.7. The number of hydrogen-bond acceptors (Lipinski definition) is 8. The molecule has 0 fully saturated rings. The van der Waals surface area contributed by atoms with E-state index in [1.165, 1.54) is 0 Å². The summed E-state index contributed by atoms with van der Waals surface area (Å²) in [7, 11) is 0. The summed E-state index contributed by atoms with van der Waals surface area (Å²) >= 11 is 0. The van der Waals surface area contributed by atoms with E-state index in [9.17, 15) is 0 Å². The summed E-state index contributed by atoms with van der Waals surface area (Å²) in [5, 5.41) is 25.7. The molecule has 0 aromatic carbocycles. The molecule has 0 aliphatic carbocycles. The van der Waals surface area contributed by atoms with Crippen molar-refractivity contribution in [3.8, 4) is 0 Å². The molecule has 0 bridgehead atoms. The average molecular weight is 295 g/mol. The van der Waals surface area contributed by atoms with Crippen LogP contribution in [0.25, 0.3) is 33.4 Å². The highest BCUT2D eigenvalue weighted by atomic mass is 16.3. The van der Waals surface area contributed by atoms with Crippen LogP contribution in [-0.2, 0) is 0 Å². The van der Waals surface area contributed by atoms with Crippen molar-refractivity contribution in [3.63, 3.8) is 0 Å². The predicted molar refractivity (Wildman–Crippen MR) is 76.0 cm³/mol. The molecule has 5 rings (SSSR count). The second kappa shape index (κ2) is 4.16. The number of furan rings is 1. The minimum absolute atomic E-state index is 0.518. The third kappa shape index (κ3) is 1.46. The SMILES string of the molecule is C1=N/N=c2\c([nH]c3oc4[nH]c5nnnnc5c4c23)=NCCC/1. The number of rotatable bonds is 0. The topological polar surface area (TPSA) is 133 Å². The quantitative estimate of drug-likeness (QED) is 0.470. The minimum atomic E-state index is 0.518. The lowest BCUT2D eigenvalue weighted by molar-refractivity contribution is 0.641. The largest absolute Gasteiger partial charge is 0.423 e. The number of hydrogen-bond donors (Lipinski definition) is 2. The Morgan fingerprint density at radius 2 is 1.95 bits per heavy atom. The Morgan fingerprint density at radius 1 is 1.05 bits per heavy atom. The van der Waals surface area contributed by atoms with Gasteiger partial charge in [0, 0.05) is 12.8 Å². The minimum Gasteiger partial charge on any atom is -0.423 e. The van der Waals surface area contributed by atoms with E-state index >= 15 is 0 Å². The first-order chi connectivity index (χ1) is 10.9. The molecule has 22 heavy (non-hydrogen) atoms. The highest BCUT2D eigenvalue weighted by Gasteiger charge is 2.20. The molecule has 0 spiro atoms. The number of H-pyrrole nitrogens is 2. The third-order valence-electron chi connectivity index (χ3n) is 3.62. The molecule has 0 saturated carbocycles. The van der Waals surface area contributed by atoms with E-state index < -0.39 is 0 Å². The molecule has 1 aliphatic heterocycles. The van der Waals surface area contributed by atoms with Crippen molar-refractivity contribution in [1.29, 1.82) is 0 Å².